The summed E-state index contributed by atoms with van der Waals surface area (Å²) in [6.07, 6.45) is 4.98. The molecule has 0 aromatic carbocycles. The normalized spacial score (nSPS) is 31.3. The van der Waals surface area contributed by atoms with Crippen molar-refractivity contribution in [3.8, 4) is 0 Å². The van der Waals surface area contributed by atoms with Crippen molar-refractivity contribution in [3.05, 3.63) is 0 Å². The summed E-state index contributed by atoms with van der Waals surface area (Å²) in [7, 11) is 1.46. The molecule has 1 fully saturated rings. The molecule has 1 unspecified atom stereocenters. The molecule has 0 bridgehead atoms. The smallest absolute Gasteiger partial charge is 0.306 e. The Bertz CT molecular complexity index is 253. The van der Waals surface area contributed by atoms with E-state index in [1.54, 1.807) is 0 Å². The first-order valence-electron chi connectivity index (χ1n) is 6.73. The van der Waals surface area contributed by atoms with Gasteiger partial charge in [-0.15, -0.1) is 0 Å². The Morgan fingerprint density at radius 1 is 1.35 bits per heavy atom. The van der Waals surface area contributed by atoms with Gasteiger partial charge in [-0.1, -0.05) is 13.8 Å². The second kappa shape index (κ2) is 5.85. The zero-order chi connectivity index (χ0) is 13.1. The van der Waals surface area contributed by atoms with E-state index in [0.717, 1.165) is 24.7 Å². The fourth-order valence-corrected chi connectivity index (χ4v) is 3.03. The van der Waals surface area contributed by atoms with E-state index in [1.807, 2.05) is 6.92 Å². The highest BCUT2D eigenvalue weighted by Crippen LogP contribution is 2.45. The first kappa shape index (κ1) is 14.5. The minimum atomic E-state index is -0.120. The average Bonchev–Trinajstić information content (AvgIpc) is 2.29. The van der Waals surface area contributed by atoms with Crippen LogP contribution < -0.4 is 5.73 Å². The Morgan fingerprint density at radius 3 is 2.24 bits per heavy atom. The molecule has 1 saturated carbocycles. The summed E-state index contributed by atoms with van der Waals surface area (Å²) in [6, 6.07) is 0.0645. The standard InChI is InChI=1S/C14H27NO2/c1-10(2)12-5-7-14(8-6-12,11(3)15)9-13(16)17-4/h10-12H,5-9,15H2,1-4H3. The number of carbonyl (C=O) groups excluding carboxylic acids is 1. The summed E-state index contributed by atoms with van der Waals surface area (Å²) in [4.78, 5) is 11.5. The maximum Gasteiger partial charge on any atom is 0.306 e. The summed E-state index contributed by atoms with van der Waals surface area (Å²) in [5.41, 5.74) is 6.09. The summed E-state index contributed by atoms with van der Waals surface area (Å²) >= 11 is 0. The Balaban J connectivity index is 2.67. The van der Waals surface area contributed by atoms with E-state index < -0.39 is 0 Å². The first-order chi connectivity index (χ1) is 7.91. The van der Waals surface area contributed by atoms with Crippen LogP contribution in [0.2, 0.25) is 0 Å². The van der Waals surface area contributed by atoms with Gasteiger partial charge in [0.15, 0.2) is 0 Å². The van der Waals surface area contributed by atoms with E-state index in [0.29, 0.717) is 6.42 Å². The van der Waals surface area contributed by atoms with Crippen LogP contribution in [0.15, 0.2) is 0 Å². The predicted molar refractivity (Wildman–Crippen MR) is 69.5 cm³/mol. The lowest BCUT2D eigenvalue weighted by Crippen LogP contribution is -2.44. The van der Waals surface area contributed by atoms with Crippen molar-refractivity contribution in [2.24, 2.45) is 23.0 Å². The van der Waals surface area contributed by atoms with Gasteiger partial charge in [0.05, 0.1) is 13.5 Å². The molecule has 100 valence electrons. The van der Waals surface area contributed by atoms with Gasteiger partial charge >= 0.3 is 5.97 Å². The first-order valence-corrected chi connectivity index (χ1v) is 6.73. The van der Waals surface area contributed by atoms with E-state index >= 15 is 0 Å². The number of esters is 1. The van der Waals surface area contributed by atoms with Gasteiger partial charge in [0.1, 0.15) is 0 Å². The zero-order valence-corrected chi connectivity index (χ0v) is 11.7. The molecule has 1 aliphatic carbocycles. The zero-order valence-electron chi connectivity index (χ0n) is 11.7. The number of ether oxygens (including phenoxy) is 1. The van der Waals surface area contributed by atoms with Crippen LogP contribution in [-0.4, -0.2) is 19.1 Å². The van der Waals surface area contributed by atoms with Crippen LogP contribution in [0, 0.1) is 17.3 Å². The Hall–Kier alpha value is -0.570. The Morgan fingerprint density at radius 2 is 1.88 bits per heavy atom. The number of methoxy groups -OCH3 is 1. The average molecular weight is 241 g/mol. The van der Waals surface area contributed by atoms with Crippen LogP contribution in [0.5, 0.6) is 0 Å². The third-order valence-electron chi connectivity index (χ3n) is 4.66. The van der Waals surface area contributed by atoms with E-state index in [1.165, 1.54) is 20.0 Å². The Labute approximate surface area is 105 Å². The monoisotopic (exact) mass is 241 g/mol. The largest absolute Gasteiger partial charge is 0.469 e. The van der Waals surface area contributed by atoms with Gasteiger partial charge in [-0.3, -0.25) is 4.79 Å². The van der Waals surface area contributed by atoms with Crippen molar-refractivity contribution in [1.29, 1.82) is 0 Å². The summed E-state index contributed by atoms with van der Waals surface area (Å²) in [5.74, 6) is 1.41. The van der Waals surface area contributed by atoms with Gasteiger partial charge in [0.25, 0.3) is 0 Å². The maximum absolute atomic E-state index is 11.5. The summed E-state index contributed by atoms with van der Waals surface area (Å²) in [6.45, 7) is 6.59. The molecule has 0 aromatic rings. The molecule has 17 heavy (non-hydrogen) atoms. The molecule has 1 atom stereocenters. The molecular formula is C14H27NO2. The lowest BCUT2D eigenvalue weighted by Gasteiger charge is -2.43. The lowest BCUT2D eigenvalue weighted by molar-refractivity contribution is -0.144. The van der Waals surface area contributed by atoms with E-state index in [9.17, 15) is 4.79 Å². The molecule has 0 amide bonds. The molecule has 2 N–H and O–H groups in total. The molecule has 0 saturated heterocycles. The topological polar surface area (TPSA) is 52.3 Å². The van der Waals surface area contributed by atoms with Crippen LogP contribution >= 0.6 is 0 Å². The van der Waals surface area contributed by atoms with E-state index in [2.05, 4.69) is 13.8 Å². The molecule has 0 heterocycles. The van der Waals surface area contributed by atoms with Crippen molar-refractivity contribution < 1.29 is 9.53 Å². The molecule has 0 spiro atoms. The molecule has 1 rings (SSSR count). The van der Waals surface area contributed by atoms with Crippen molar-refractivity contribution in [3.63, 3.8) is 0 Å². The van der Waals surface area contributed by atoms with Gasteiger partial charge in [0.2, 0.25) is 0 Å². The van der Waals surface area contributed by atoms with Crippen LogP contribution in [0.1, 0.15) is 52.9 Å². The highest BCUT2D eigenvalue weighted by molar-refractivity contribution is 5.70. The molecule has 0 aromatic heterocycles. The van der Waals surface area contributed by atoms with Crippen LogP contribution in [0.25, 0.3) is 0 Å². The molecule has 0 radical (unpaired) electrons. The minimum Gasteiger partial charge on any atom is -0.469 e. The third-order valence-corrected chi connectivity index (χ3v) is 4.66. The molecule has 3 heteroatoms. The van der Waals surface area contributed by atoms with Crippen molar-refractivity contribution in [2.75, 3.05) is 7.11 Å². The maximum atomic E-state index is 11.5. The van der Waals surface area contributed by atoms with Gasteiger partial charge < -0.3 is 10.5 Å². The number of carbonyl (C=O) groups is 1. The van der Waals surface area contributed by atoms with Crippen molar-refractivity contribution in [2.45, 2.75) is 58.9 Å². The van der Waals surface area contributed by atoms with Crippen LogP contribution in [0.4, 0.5) is 0 Å². The highest BCUT2D eigenvalue weighted by Gasteiger charge is 2.40. The highest BCUT2D eigenvalue weighted by atomic mass is 16.5. The number of hydrogen-bond donors (Lipinski definition) is 1. The van der Waals surface area contributed by atoms with Crippen LogP contribution in [0.3, 0.4) is 0 Å². The van der Waals surface area contributed by atoms with Gasteiger partial charge in [-0.25, -0.2) is 0 Å². The summed E-state index contributed by atoms with van der Waals surface area (Å²) in [5, 5.41) is 0. The van der Waals surface area contributed by atoms with Crippen molar-refractivity contribution >= 4 is 5.97 Å². The molecule has 3 nitrogen and oxygen atoms in total. The predicted octanol–water partition coefficient (Wildman–Crippen LogP) is 2.73. The fourth-order valence-electron chi connectivity index (χ4n) is 3.03. The minimum absolute atomic E-state index is 0.0293. The quantitative estimate of drug-likeness (QED) is 0.770. The fraction of sp³-hybridized carbons (Fsp3) is 0.929. The summed E-state index contributed by atoms with van der Waals surface area (Å²) < 4.78 is 4.81. The number of rotatable bonds is 4. The third kappa shape index (κ3) is 3.44. The van der Waals surface area contributed by atoms with Crippen molar-refractivity contribution in [1.82, 2.24) is 0 Å². The molecule has 0 aliphatic heterocycles. The number of hydrogen-bond acceptors (Lipinski definition) is 3. The second-order valence-electron chi connectivity index (χ2n) is 5.99. The molecule has 1 aliphatic rings. The van der Waals surface area contributed by atoms with Gasteiger partial charge in [0, 0.05) is 6.04 Å². The molecular weight excluding hydrogens is 214 g/mol. The lowest BCUT2D eigenvalue weighted by atomic mass is 9.63. The van der Waals surface area contributed by atoms with Crippen LogP contribution in [-0.2, 0) is 9.53 Å². The van der Waals surface area contributed by atoms with Gasteiger partial charge in [-0.2, -0.15) is 0 Å². The van der Waals surface area contributed by atoms with E-state index in [-0.39, 0.29) is 17.4 Å². The van der Waals surface area contributed by atoms with E-state index in [4.69, 9.17) is 10.5 Å². The second-order valence-corrected chi connectivity index (χ2v) is 5.99. The van der Waals surface area contributed by atoms with Gasteiger partial charge in [-0.05, 0) is 49.9 Å². The number of nitrogens with two attached hydrogens (primary N) is 1. The SMILES string of the molecule is COC(=O)CC1(C(C)N)CCC(C(C)C)CC1. The Kier molecular flexibility index (Phi) is 4.99.